The van der Waals surface area contributed by atoms with E-state index in [2.05, 4.69) is 25.9 Å². The molecule has 0 aromatic rings. The Balaban J connectivity index is 1.55. The van der Waals surface area contributed by atoms with E-state index < -0.39 is 0 Å². The van der Waals surface area contributed by atoms with Gasteiger partial charge in [0.15, 0.2) is 5.66 Å². The second kappa shape index (κ2) is 2.27. The van der Waals surface area contributed by atoms with E-state index in [1.807, 2.05) is 11.8 Å². The molecule has 1 N–H and O–H groups in total. The van der Waals surface area contributed by atoms with E-state index in [1.54, 1.807) is 0 Å². The Morgan fingerprint density at radius 2 is 2.27 bits per heavy atom. The molecule has 80 valence electrons. The molecule has 0 radical (unpaired) electrons. The predicted molar refractivity (Wildman–Crippen MR) is 55.2 cm³/mol. The summed E-state index contributed by atoms with van der Waals surface area (Å²) in [6.07, 6.45) is 0.957. The number of hydrazine groups is 2. The van der Waals surface area contributed by atoms with E-state index in [-0.39, 0.29) is 5.66 Å². The molecule has 5 rings (SSSR count). The summed E-state index contributed by atoms with van der Waals surface area (Å²) in [5.74, 6) is 0. The number of epoxide rings is 1. The smallest absolute Gasteiger partial charge is 0.179 e. The summed E-state index contributed by atoms with van der Waals surface area (Å²) in [6, 6.07) is 0. The summed E-state index contributed by atoms with van der Waals surface area (Å²) < 4.78 is 5.56. The molecule has 5 unspecified atom stereocenters. The molecular formula is C9H12N4OS. The van der Waals surface area contributed by atoms with Gasteiger partial charge in [-0.3, -0.25) is 5.32 Å². The Kier molecular flexibility index (Phi) is 1.22. The highest BCUT2D eigenvalue weighted by Crippen LogP contribution is 2.63. The van der Waals surface area contributed by atoms with Crippen molar-refractivity contribution in [3.8, 4) is 0 Å². The van der Waals surface area contributed by atoms with E-state index in [0.29, 0.717) is 12.3 Å². The van der Waals surface area contributed by atoms with Crippen molar-refractivity contribution in [2.45, 2.75) is 17.9 Å². The molecule has 5 atom stereocenters. The first kappa shape index (κ1) is 8.05. The van der Waals surface area contributed by atoms with Crippen molar-refractivity contribution in [2.75, 3.05) is 26.2 Å². The van der Waals surface area contributed by atoms with Crippen molar-refractivity contribution in [3.63, 3.8) is 0 Å². The highest BCUT2D eigenvalue weighted by atomic mass is 32.2. The molecule has 15 heavy (non-hydrogen) atoms. The summed E-state index contributed by atoms with van der Waals surface area (Å²) in [6.45, 7) is 4.45. The quantitative estimate of drug-likeness (QED) is 0.641. The Morgan fingerprint density at radius 1 is 1.53 bits per heavy atom. The first-order valence-corrected chi connectivity index (χ1v) is 6.37. The molecule has 0 bridgehead atoms. The maximum atomic E-state index is 5.56. The fourth-order valence-corrected chi connectivity index (χ4v) is 3.26. The predicted octanol–water partition coefficient (Wildman–Crippen LogP) is -0.638. The second-order valence-electron chi connectivity index (χ2n) is 4.66. The average molecular weight is 224 g/mol. The fraction of sp³-hybridized carbons (Fsp3) is 0.778. The third-order valence-corrected chi connectivity index (χ3v) is 4.34. The van der Waals surface area contributed by atoms with Crippen LogP contribution in [0.3, 0.4) is 0 Å². The van der Waals surface area contributed by atoms with Crippen LogP contribution in [0.1, 0.15) is 0 Å². The van der Waals surface area contributed by atoms with Crippen LogP contribution in [-0.4, -0.2) is 59.3 Å². The maximum Gasteiger partial charge on any atom is 0.179 e. The summed E-state index contributed by atoms with van der Waals surface area (Å²) >= 11 is 1.88. The van der Waals surface area contributed by atoms with E-state index in [4.69, 9.17) is 4.74 Å². The maximum absolute atomic E-state index is 5.56. The van der Waals surface area contributed by atoms with Crippen LogP contribution in [0.2, 0.25) is 0 Å². The van der Waals surface area contributed by atoms with Gasteiger partial charge in [0.1, 0.15) is 6.10 Å². The van der Waals surface area contributed by atoms with Gasteiger partial charge in [-0.05, 0) is 5.41 Å². The van der Waals surface area contributed by atoms with Gasteiger partial charge >= 0.3 is 0 Å². The van der Waals surface area contributed by atoms with Crippen LogP contribution >= 0.6 is 11.8 Å². The minimum Gasteiger partial charge on any atom is -0.369 e. The van der Waals surface area contributed by atoms with Gasteiger partial charge in [-0.2, -0.15) is 5.01 Å². The average Bonchev–Trinajstić information content (AvgIpc) is 3.11. The summed E-state index contributed by atoms with van der Waals surface area (Å²) in [7, 11) is 0. The van der Waals surface area contributed by atoms with Crippen molar-refractivity contribution in [3.05, 3.63) is 10.3 Å². The third-order valence-electron chi connectivity index (χ3n) is 3.57. The van der Waals surface area contributed by atoms with Gasteiger partial charge in [0.05, 0.1) is 12.8 Å². The lowest BCUT2D eigenvalue weighted by Gasteiger charge is -2.07. The van der Waals surface area contributed by atoms with Crippen LogP contribution in [0.25, 0.3) is 0 Å². The molecule has 0 spiro atoms. The lowest BCUT2D eigenvalue weighted by Crippen LogP contribution is -2.29. The van der Waals surface area contributed by atoms with Gasteiger partial charge in [-0.25, -0.2) is 5.01 Å². The van der Waals surface area contributed by atoms with Crippen molar-refractivity contribution in [1.29, 1.82) is 0 Å². The van der Waals surface area contributed by atoms with Gasteiger partial charge in [0, 0.05) is 24.5 Å². The van der Waals surface area contributed by atoms with E-state index in [9.17, 15) is 0 Å². The molecule has 0 aliphatic carbocycles. The fourth-order valence-electron chi connectivity index (χ4n) is 2.55. The standard InChI is InChI=1S/C9H12N4OS/c1-2-11(1)13-9(6-4-14-6,7-5-15-7)12(13)8-3-10-8/h5-6,8,10H,1-4H2. The number of hydrogen-bond donors (Lipinski definition) is 1. The molecule has 0 amide bonds. The number of ether oxygens (including phenoxy) is 1. The molecular weight excluding hydrogens is 212 g/mol. The van der Waals surface area contributed by atoms with Gasteiger partial charge in [0.2, 0.25) is 0 Å². The van der Waals surface area contributed by atoms with Gasteiger partial charge in [0.25, 0.3) is 0 Å². The highest BCUT2D eigenvalue weighted by molar-refractivity contribution is 8.12. The summed E-state index contributed by atoms with van der Waals surface area (Å²) in [4.78, 5) is 1.49. The lowest BCUT2D eigenvalue weighted by atomic mass is 10.1. The Hall–Kier alpha value is -0.110. The van der Waals surface area contributed by atoms with Crippen molar-refractivity contribution < 1.29 is 4.74 Å². The van der Waals surface area contributed by atoms with E-state index in [1.165, 1.54) is 18.0 Å². The Bertz CT molecular complexity index is 356. The van der Waals surface area contributed by atoms with Crippen molar-refractivity contribution in [1.82, 2.24) is 20.5 Å². The molecule has 0 aromatic carbocycles. The van der Waals surface area contributed by atoms with Crippen LogP contribution < -0.4 is 5.32 Å². The second-order valence-corrected chi connectivity index (χ2v) is 5.57. The number of thioether (sulfide) groups is 1. The third kappa shape index (κ3) is 0.932. The van der Waals surface area contributed by atoms with Gasteiger partial charge in [-0.1, -0.05) is 11.8 Å². The largest absolute Gasteiger partial charge is 0.369 e. The first-order valence-electron chi connectivity index (χ1n) is 5.49. The van der Waals surface area contributed by atoms with E-state index in [0.717, 1.165) is 13.2 Å². The SMILES string of the molecule is C1=C(C2(C3CO3)N(C3CN3)N2N2CC2)S1. The lowest BCUT2D eigenvalue weighted by molar-refractivity contribution is 0.123. The van der Waals surface area contributed by atoms with Crippen molar-refractivity contribution in [2.24, 2.45) is 0 Å². The minimum absolute atomic E-state index is 0.106. The molecule has 5 aliphatic heterocycles. The number of hydrogen-bond acceptors (Lipinski definition) is 6. The first-order chi connectivity index (χ1) is 7.42. The van der Waals surface area contributed by atoms with Crippen LogP contribution in [0.4, 0.5) is 0 Å². The summed E-state index contributed by atoms with van der Waals surface area (Å²) in [5, 5.41) is 13.0. The number of nitrogens with one attached hydrogen (secondary N) is 1. The molecule has 4 fully saturated rings. The zero-order valence-electron chi connectivity index (χ0n) is 8.22. The van der Waals surface area contributed by atoms with Gasteiger partial charge < -0.3 is 4.74 Å². The monoisotopic (exact) mass is 224 g/mol. The van der Waals surface area contributed by atoms with Crippen LogP contribution in [0.5, 0.6) is 0 Å². The normalized spacial score (nSPS) is 59.9. The molecule has 0 saturated carbocycles. The van der Waals surface area contributed by atoms with Crippen LogP contribution in [0, 0.1) is 0 Å². The van der Waals surface area contributed by atoms with E-state index >= 15 is 0 Å². The van der Waals surface area contributed by atoms with Gasteiger partial charge in [-0.15, -0.1) is 5.12 Å². The minimum atomic E-state index is 0.106. The summed E-state index contributed by atoms with van der Waals surface area (Å²) in [5.41, 5.74) is 0.106. The molecule has 6 heteroatoms. The number of nitrogens with zero attached hydrogens (tertiary/aromatic N) is 3. The zero-order valence-corrected chi connectivity index (χ0v) is 9.04. The molecule has 5 aliphatic rings. The molecule has 5 nitrogen and oxygen atoms in total. The van der Waals surface area contributed by atoms with Crippen LogP contribution in [0.15, 0.2) is 10.3 Å². The van der Waals surface area contributed by atoms with Crippen molar-refractivity contribution >= 4 is 11.8 Å². The molecule has 0 aromatic heterocycles. The van der Waals surface area contributed by atoms with Crippen LogP contribution in [-0.2, 0) is 4.74 Å². The molecule has 5 heterocycles. The topological polar surface area (TPSA) is 43.5 Å². The Labute approximate surface area is 91.9 Å². The highest BCUT2D eigenvalue weighted by Gasteiger charge is 2.79. The molecule has 4 saturated heterocycles. The Morgan fingerprint density at radius 3 is 2.73 bits per heavy atom. The number of rotatable bonds is 4. The zero-order chi connectivity index (χ0) is 9.62.